The zero-order valence-electron chi connectivity index (χ0n) is 6.74. The van der Waals surface area contributed by atoms with Gasteiger partial charge in [-0.25, -0.2) is 9.97 Å². The number of nitrogen functional groups attached to an aromatic ring is 1. The quantitative estimate of drug-likeness (QED) is 0.638. The number of nitrogens with zero attached hydrogens (tertiary/aromatic N) is 2. The van der Waals surface area contributed by atoms with Crippen molar-refractivity contribution in [2.75, 3.05) is 12.3 Å². The minimum atomic E-state index is -0.301. The summed E-state index contributed by atoms with van der Waals surface area (Å²) in [5.41, 5.74) is 5.36. The molecular formula is C7H10N4O. The molecule has 1 aromatic heterocycles. The first-order chi connectivity index (χ1) is 5.74. The van der Waals surface area contributed by atoms with E-state index in [9.17, 15) is 4.79 Å². The van der Waals surface area contributed by atoms with E-state index in [1.165, 1.54) is 12.3 Å². The zero-order valence-corrected chi connectivity index (χ0v) is 6.74. The Bertz CT molecular complexity index is 286. The number of amides is 1. The van der Waals surface area contributed by atoms with Gasteiger partial charge in [0.2, 0.25) is 5.82 Å². The van der Waals surface area contributed by atoms with Gasteiger partial charge in [0.05, 0.1) is 0 Å². The molecule has 64 valence electrons. The van der Waals surface area contributed by atoms with Crippen LogP contribution < -0.4 is 11.1 Å². The van der Waals surface area contributed by atoms with Crippen molar-refractivity contribution >= 4 is 11.7 Å². The second-order valence-corrected chi connectivity index (χ2v) is 2.16. The van der Waals surface area contributed by atoms with Gasteiger partial charge in [0.1, 0.15) is 5.82 Å². The van der Waals surface area contributed by atoms with Crippen molar-refractivity contribution in [1.82, 2.24) is 15.3 Å². The number of hydrogen-bond donors (Lipinski definition) is 2. The summed E-state index contributed by atoms with van der Waals surface area (Å²) in [4.78, 5) is 18.6. The molecule has 1 aromatic rings. The number of rotatable bonds is 2. The van der Waals surface area contributed by atoms with Crippen LogP contribution in [0.25, 0.3) is 0 Å². The lowest BCUT2D eigenvalue weighted by molar-refractivity contribution is 0.0945. The van der Waals surface area contributed by atoms with E-state index in [1.54, 1.807) is 0 Å². The van der Waals surface area contributed by atoms with Crippen molar-refractivity contribution in [2.45, 2.75) is 6.92 Å². The predicted octanol–water partition coefficient (Wildman–Crippen LogP) is -0.191. The molecule has 1 rings (SSSR count). The van der Waals surface area contributed by atoms with Crippen molar-refractivity contribution in [3.63, 3.8) is 0 Å². The molecule has 0 atom stereocenters. The van der Waals surface area contributed by atoms with E-state index in [0.29, 0.717) is 12.4 Å². The van der Waals surface area contributed by atoms with Gasteiger partial charge in [0.15, 0.2) is 0 Å². The molecule has 0 fully saturated rings. The fourth-order valence-corrected chi connectivity index (χ4v) is 0.722. The molecule has 0 aliphatic heterocycles. The maximum Gasteiger partial charge on any atom is 0.289 e. The summed E-state index contributed by atoms with van der Waals surface area (Å²) < 4.78 is 0. The van der Waals surface area contributed by atoms with Gasteiger partial charge in [-0.1, -0.05) is 0 Å². The maximum atomic E-state index is 11.1. The molecule has 0 unspecified atom stereocenters. The third-order valence-electron chi connectivity index (χ3n) is 1.22. The topological polar surface area (TPSA) is 80.9 Å². The predicted molar refractivity (Wildman–Crippen MR) is 44.5 cm³/mol. The van der Waals surface area contributed by atoms with E-state index >= 15 is 0 Å². The Morgan fingerprint density at radius 2 is 2.50 bits per heavy atom. The van der Waals surface area contributed by atoms with Gasteiger partial charge in [0, 0.05) is 12.7 Å². The van der Waals surface area contributed by atoms with Crippen molar-refractivity contribution < 1.29 is 4.79 Å². The number of carbonyl (C=O) groups is 1. The van der Waals surface area contributed by atoms with Gasteiger partial charge in [-0.3, -0.25) is 4.79 Å². The summed E-state index contributed by atoms with van der Waals surface area (Å²) in [7, 11) is 0. The van der Waals surface area contributed by atoms with Crippen LogP contribution in [0, 0.1) is 0 Å². The summed E-state index contributed by atoms with van der Waals surface area (Å²) >= 11 is 0. The Kier molecular flexibility index (Phi) is 2.57. The average molecular weight is 166 g/mol. The SMILES string of the molecule is CCNC(=O)c1nccc(N)n1. The van der Waals surface area contributed by atoms with E-state index in [0.717, 1.165) is 0 Å². The highest BCUT2D eigenvalue weighted by Gasteiger charge is 2.06. The van der Waals surface area contributed by atoms with Gasteiger partial charge in [-0.15, -0.1) is 0 Å². The van der Waals surface area contributed by atoms with Crippen LogP contribution in [-0.4, -0.2) is 22.4 Å². The number of hydrogen-bond acceptors (Lipinski definition) is 4. The molecule has 1 heterocycles. The Morgan fingerprint density at radius 1 is 1.75 bits per heavy atom. The molecule has 0 aliphatic carbocycles. The molecule has 1 amide bonds. The van der Waals surface area contributed by atoms with Crippen LogP contribution in [0.2, 0.25) is 0 Å². The van der Waals surface area contributed by atoms with Crippen LogP contribution in [-0.2, 0) is 0 Å². The smallest absolute Gasteiger partial charge is 0.289 e. The lowest BCUT2D eigenvalue weighted by Gasteiger charge is -1.99. The van der Waals surface area contributed by atoms with Gasteiger partial charge in [-0.05, 0) is 13.0 Å². The Morgan fingerprint density at radius 3 is 3.08 bits per heavy atom. The molecule has 0 bridgehead atoms. The number of carbonyl (C=O) groups excluding carboxylic acids is 1. The van der Waals surface area contributed by atoms with Crippen LogP contribution in [0.4, 0.5) is 5.82 Å². The number of aromatic nitrogens is 2. The van der Waals surface area contributed by atoms with E-state index in [4.69, 9.17) is 5.73 Å². The maximum absolute atomic E-state index is 11.1. The molecule has 0 radical (unpaired) electrons. The highest BCUT2D eigenvalue weighted by molar-refractivity contribution is 5.90. The molecular weight excluding hydrogens is 156 g/mol. The van der Waals surface area contributed by atoms with Crippen molar-refractivity contribution in [2.24, 2.45) is 0 Å². The van der Waals surface area contributed by atoms with Gasteiger partial charge in [0.25, 0.3) is 5.91 Å². The fraction of sp³-hybridized carbons (Fsp3) is 0.286. The molecule has 5 heteroatoms. The standard InChI is InChI=1S/C7H10N4O/c1-2-9-7(12)6-10-4-3-5(8)11-6/h3-4H,2H2,1H3,(H,9,12)(H2,8,10,11). The van der Waals surface area contributed by atoms with E-state index in [-0.39, 0.29) is 11.7 Å². The molecule has 0 saturated heterocycles. The molecule has 12 heavy (non-hydrogen) atoms. The summed E-state index contributed by atoms with van der Waals surface area (Å²) in [6.07, 6.45) is 1.45. The Labute approximate surface area is 70.0 Å². The lowest BCUT2D eigenvalue weighted by atomic mass is 10.5. The second kappa shape index (κ2) is 3.66. The van der Waals surface area contributed by atoms with Gasteiger partial charge >= 0.3 is 0 Å². The van der Waals surface area contributed by atoms with E-state index in [1.807, 2.05) is 6.92 Å². The minimum absolute atomic E-state index is 0.108. The molecule has 0 saturated carbocycles. The summed E-state index contributed by atoms with van der Waals surface area (Å²) in [5, 5.41) is 2.57. The van der Waals surface area contributed by atoms with Gasteiger partial charge in [-0.2, -0.15) is 0 Å². The average Bonchev–Trinajstić information content (AvgIpc) is 2.05. The number of nitrogens with two attached hydrogens (primary N) is 1. The Hall–Kier alpha value is -1.65. The molecule has 0 aliphatic rings. The van der Waals surface area contributed by atoms with Crippen LogP contribution >= 0.6 is 0 Å². The Balaban J connectivity index is 2.81. The van der Waals surface area contributed by atoms with E-state index < -0.39 is 0 Å². The summed E-state index contributed by atoms with van der Waals surface area (Å²) in [5.74, 6) is 0.105. The van der Waals surface area contributed by atoms with Crippen LogP contribution in [0.3, 0.4) is 0 Å². The largest absolute Gasteiger partial charge is 0.384 e. The zero-order chi connectivity index (χ0) is 8.97. The summed E-state index contributed by atoms with van der Waals surface area (Å²) in [6.45, 7) is 2.38. The third kappa shape index (κ3) is 1.91. The number of nitrogens with one attached hydrogen (secondary N) is 1. The lowest BCUT2D eigenvalue weighted by Crippen LogP contribution is -2.25. The first kappa shape index (κ1) is 8.45. The van der Waals surface area contributed by atoms with Crippen LogP contribution in [0.5, 0.6) is 0 Å². The first-order valence-electron chi connectivity index (χ1n) is 3.60. The van der Waals surface area contributed by atoms with Crippen molar-refractivity contribution in [1.29, 1.82) is 0 Å². The highest BCUT2D eigenvalue weighted by Crippen LogP contribution is 1.95. The van der Waals surface area contributed by atoms with Crippen molar-refractivity contribution in [3.05, 3.63) is 18.1 Å². The highest BCUT2D eigenvalue weighted by atomic mass is 16.2. The molecule has 3 N–H and O–H groups in total. The molecule has 0 aromatic carbocycles. The second-order valence-electron chi connectivity index (χ2n) is 2.16. The number of anilines is 1. The minimum Gasteiger partial charge on any atom is -0.384 e. The summed E-state index contributed by atoms with van der Waals surface area (Å²) in [6, 6.07) is 1.53. The normalized spacial score (nSPS) is 9.42. The first-order valence-corrected chi connectivity index (χ1v) is 3.60. The molecule has 0 spiro atoms. The van der Waals surface area contributed by atoms with Crippen molar-refractivity contribution in [3.8, 4) is 0 Å². The van der Waals surface area contributed by atoms with Crippen LogP contribution in [0.1, 0.15) is 17.5 Å². The third-order valence-corrected chi connectivity index (χ3v) is 1.22. The van der Waals surface area contributed by atoms with Crippen LogP contribution in [0.15, 0.2) is 12.3 Å². The van der Waals surface area contributed by atoms with Gasteiger partial charge < -0.3 is 11.1 Å². The molecule has 5 nitrogen and oxygen atoms in total. The monoisotopic (exact) mass is 166 g/mol. The fourth-order valence-electron chi connectivity index (χ4n) is 0.722. The van der Waals surface area contributed by atoms with E-state index in [2.05, 4.69) is 15.3 Å².